The standard InChI is InChI=1S/C14H20N4O2/c1-2-17-10(5-6-15)8-14(19)18-13(17)9-11(16-18)12-4-3-7-20-12/h8-9,12H,2-7,15H2,1H3. The van der Waals surface area contributed by atoms with Gasteiger partial charge in [-0.25, -0.2) is 0 Å². The van der Waals surface area contributed by atoms with Gasteiger partial charge < -0.3 is 15.0 Å². The van der Waals surface area contributed by atoms with Gasteiger partial charge in [-0.2, -0.15) is 9.61 Å². The van der Waals surface area contributed by atoms with E-state index in [0.29, 0.717) is 13.0 Å². The quantitative estimate of drug-likeness (QED) is 0.899. The Balaban J connectivity index is 2.16. The molecule has 108 valence electrons. The van der Waals surface area contributed by atoms with Crippen molar-refractivity contribution in [3.63, 3.8) is 0 Å². The van der Waals surface area contributed by atoms with Crippen LogP contribution in [0.25, 0.3) is 5.65 Å². The van der Waals surface area contributed by atoms with Gasteiger partial charge in [0.1, 0.15) is 11.8 Å². The molecule has 0 aliphatic carbocycles. The summed E-state index contributed by atoms with van der Waals surface area (Å²) >= 11 is 0. The Morgan fingerprint density at radius 2 is 2.35 bits per heavy atom. The Bertz CT molecular complexity index is 668. The van der Waals surface area contributed by atoms with Crippen LogP contribution >= 0.6 is 0 Å². The van der Waals surface area contributed by atoms with Crippen molar-refractivity contribution < 1.29 is 4.74 Å². The number of hydrogen-bond acceptors (Lipinski definition) is 4. The van der Waals surface area contributed by atoms with Gasteiger partial charge in [-0.05, 0) is 26.3 Å². The first-order valence-corrected chi connectivity index (χ1v) is 7.18. The van der Waals surface area contributed by atoms with Gasteiger partial charge in [-0.15, -0.1) is 0 Å². The number of aryl methyl sites for hydroxylation is 1. The van der Waals surface area contributed by atoms with Gasteiger partial charge in [-0.1, -0.05) is 0 Å². The van der Waals surface area contributed by atoms with E-state index in [9.17, 15) is 4.79 Å². The lowest BCUT2D eigenvalue weighted by Crippen LogP contribution is -2.22. The third kappa shape index (κ3) is 2.14. The number of nitrogens with two attached hydrogens (primary N) is 1. The molecule has 0 radical (unpaired) electrons. The van der Waals surface area contributed by atoms with Crippen molar-refractivity contribution in [1.82, 2.24) is 14.2 Å². The summed E-state index contributed by atoms with van der Waals surface area (Å²) in [6.07, 6.45) is 2.74. The van der Waals surface area contributed by atoms with Gasteiger partial charge in [0, 0.05) is 37.4 Å². The second kappa shape index (κ2) is 5.38. The molecule has 0 bridgehead atoms. The summed E-state index contributed by atoms with van der Waals surface area (Å²) < 4.78 is 9.22. The van der Waals surface area contributed by atoms with Crippen LogP contribution in [0.1, 0.15) is 37.3 Å². The van der Waals surface area contributed by atoms with Gasteiger partial charge in [-0.3, -0.25) is 4.79 Å². The van der Waals surface area contributed by atoms with Gasteiger partial charge >= 0.3 is 0 Å². The average molecular weight is 276 g/mol. The van der Waals surface area contributed by atoms with Crippen molar-refractivity contribution in [2.24, 2.45) is 5.73 Å². The lowest BCUT2D eigenvalue weighted by Gasteiger charge is -2.12. The summed E-state index contributed by atoms with van der Waals surface area (Å²) in [6.45, 7) is 4.15. The van der Waals surface area contributed by atoms with Gasteiger partial charge in [0.25, 0.3) is 5.56 Å². The minimum atomic E-state index is -0.0996. The van der Waals surface area contributed by atoms with E-state index in [1.54, 1.807) is 6.07 Å². The Kier molecular flexibility index (Phi) is 3.58. The largest absolute Gasteiger partial charge is 0.372 e. The van der Waals surface area contributed by atoms with Crippen LogP contribution in [0.4, 0.5) is 0 Å². The first-order chi connectivity index (χ1) is 9.74. The molecule has 1 atom stereocenters. The Morgan fingerprint density at radius 3 is 3.00 bits per heavy atom. The van der Waals surface area contributed by atoms with Crippen molar-refractivity contribution in [2.45, 2.75) is 38.8 Å². The molecule has 3 rings (SSSR count). The lowest BCUT2D eigenvalue weighted by molar-refractivity contribution is 0.108. The molecule has 1 aliphatic rings. The maximum Gasteiger partial charge on any atom is 0.274 e. The molecular formula is C14H20N4O2. The van der Waals surface area contributed by atoms with Crippen LogP contribution in [0, 0.1) is 0 Å². The van der Waals surface area contributed by atoms with Crippen LogP contribution in [-0.4, -0.2) is 27.3 Å². The lowest BCUT2D eigenvalue weighted by atomic mass is 10.2. The van der Waals surface area contributed by atoms with E-state index in [0.717, 1.165) is 43.0 Å². The minimum Gasteiger partial charge on any atom is -0.372 e. The third-order valence-electron chi connectivity index (χ3n) is 3.81. The van der Waals surface area contributed by atoms with Gasteiger partial charge in [0.15, 0.2) is 0 Å². The predicted molar refractivity (Wildman–Crippen MR) is 75.8 cm³/mol. The normalized spacial score (nSPS) is 19.0. The molecule has 0 saturated carbocycles. The van der Waals surface area contributed by atoms with Crippen molar-refractivity contribution in [1.29, 1.82) is 0 Å². The Hall–Kier alpha value is -1.66. The molecule has 0 amide bonds. The first kappa shape index (κ1) is 13.3. The Morgan fingerprint density at radius 1 is 1.50 bits per heavy atom. The van der Waals surface area contributed by atoms with Crippen molar-refractivity contribution in [2.75, 3.05) is 13.2 Å². The highest BCUT2D eigenvalue weighted by Gasteiger charge is 2.22. The molecule has 2 aromatic rings. The van der Waals surface area contributed by atoms with E-state index < -0.39 is 0 Å². The summed E-state index contributed by atoms with van der Waals surface area (Å²) in [4.78, 5) is 12.2. The minimum absolute atomic E-state index is 0.0255. The number of rotatable bonds is 4. The zero-order valence-corrected chi connectivity index (χ0v) is 11.7. The molecule has 1 fully saturated rings. The van der Waals surface area contributed by atoms with Gasteiger partial charge in [0.05, 0.1) is 5.69 Å². The molecule has 1 saturated heterocycles. The molecular weight excluding hydrogens is 256 g/mol. The molecule has 0 aromatic carbocycles. The molecule has 6 heteroatoms. The second-order valence-corrected chi connectivity index (χ2v) is 5.10. The highest BCUT2D eigenvalue weighted by molar-refractivity contribution is 5.42. The number of ether oxygens (including phenoxy) is 1. The second-order valence-electron chi connectivity index (χ2n) is 5.10. The summed E-state index contributed by atoms with van der Waals surface area (Å²) in [7, 11) is 0. The fourth-order valence-electron chi connectivity index (χ4n) is 2.86. The smallest absolute Gasteiger partial charge is 0.274 e. The summed E-state index contributed by atoms with van der Waals surface area (Å²) in [5.41, 5.74) is 8.17. The number of fused-ring (bicyclic) bond motifs is 1. The maximum atomic E-state index is 12.2. The van der Waals surface area contributed by atoms with E-state index in [1.165, 1.54) is 4.52 Å². The molecule has 2 aromatic heterocycles. The monoisotopic (exact) mass is 276 g/mol. The fourth-order valence-corrected chi connectivity index (χ4v) is 2.86. The summed E-state index contributed by atoms with van der Waals surface area (Å²) in [5, 5.41) is 4.43. The van der Waals surface area contributed by atoms with Crippen LogP contribution in [0.15, 0.2) is 16.9 Å². The Labute approximate surface area is 117 Å². The molecule has 1 aliphatic heterocycles. The third-order valence-corrected chi connectivity index (χ3v) is 3.81. The van der Waals surface area contributed by atoms with Crippen LogP contribution in [0.2, 0.25) is 0 Å². The maximum absolute atomic E-state index is 12.2. The predicted octanol–water partition coefficient (Wildman–Crippen LogP) is 0.869. The molecule has 3 heterocycles. The molecule has 1 unspecified atom stereocenters. The number of hydrogen-bond donors (Lipinski definition) is 1. The highest BCUT2D eigenvalue weighted by Crippen LogP contribution is 2.27. The van der Waals surface area contributed by atoms with E-state index >= 15 is 0 Å². The van der Waals surface area contributed by atoms with Crippen molar-refractivity contribution >= 4 is 5.65 Å². The summed E-state index contributed by atoms with van der Waals surface area (Å²) in [5.74, 6) is 0. The SMILES string of the molecule is CCn1c(CCN)cc(=O)n2nc(C3CCCO3)cc12. The van der Waals surface area contributed by atoms with Crippen LogP contribution in [-0.2, 0) is 17.7 Å². The topological polar surface area (TPSA) is 74.5 Å². The number of aromatic nitrogens is 3. The van der Waals surface area contributed by atoms with Crippen LogP contribution in [0.5, 0.6) is 0 Å². The number of nitrogens with zero attached hydrogens (tertiary/aromatic N) is 3. The van der Waals surface area contributed by atoms with Crippen molar-refractivity contribution in [3.8, 4) is 0 Å². The first-order valence-electron chi connectivity index (χ1n) is 7.18. The van der Waals surface area contributed by atoms with E-state index in [1.807, 2.05) is 6.07 Å². The molecule has 2 N–H and O–H groups in total. The zero-order chi connectivity index (χ0) is 14.1. The van der Waals surface area contributed by atoms with Crippen molar-refractivity contribution in [3.05, 3.63) is 33.9 Å². The van der Waals surface area contributed by atoms with Gasteiger partial charge in [0.2, 0.25) is 0 Å². The van der Waals surface area contributed by atoms with E-state index in [-0.39, 0.29) is 11.7 Å². The average Bonchev–Trinajstić information content (AvgIpc) is 3.08. The van der Waals surface area contributed by atoms with Crippen LogP contribution in [0.3, 0.4) is 0 Å². The highest BCUT2D eigenvalue weighted by atomic mass is 16.5. The van der Waals surface area contributed by atoms with E-state index in [4.69, 9.17) is 10.5 Å². The molecule has 20 heavy (non-hydrogen) atoms. The molecule has 0 spiro atoms. The zero-order valence-electron chi connectivity index (χ0n) is 11.7. The molecule has 6 nitrogen and oxygen atoms in total. The fraction of sp³-hybridized carbons (Fsp3) is 0.571. The summed E-state index contributed by atoms with van der Waals surface area (Å²) in [6, 6.07) is 3.61. The van der Waals surface area contributed by atoms with Crippen LogP contribution < -0.4 is 11.3 Å². The van der Waals surface area contributed by atoms with E-state index in [2.05, 4.69) is 16.6 Å².